The highest BCUT2D eigenvalue weighted by atomic mass is 32.2. The molecule has 1 aromatic heterocycles. The maximum atomic E-state index is 12.5. The lowest BCUT2D eigenvalue weighted by Crippen LogP contribution is -2.41. The Morgan fingerprint density at radius 3 is 2.11 bits per heavy atom. The highest BCUT2D eigenvalue weighted by Crippen LogP contribution is 2.32. The van der Waals surface area contributed by atoms with Gasteiger partial charge in [-0.1, -0.05) is 91.0 Å². The van der Waals surface area contributed by atoms with Gasteiger partial charge >= 0.3 is 0 Å². The summed E-state index contributed by atoms with van der Waals surface area (Å²) < 4.78 is 34.3. The number of sulfonamides is 1. The number of anilines is 1. The first-order valence-electron chi connectivity index (χ1n) is 15.1. The number of hydrogen-bond acceptors (Lipinski definition) is 6. The fourth-order valence-corrected chi connectivity index (χ4v) is 6.35. The van der Waals surface area contributed by atoms with E-state index in [0.29, 0.717) is 24.4 Å². The summed E-state index contributed by atoms with van der Waals surface area (Å²) in [6.45, 7) is 3.19. The molecule has 5 aromatic carbocycles. The molecule has 0 amide bonds. The molecule has 0 bridgehead atoms. The molecular weight excluding hydrogens is 598 g/mol. The minimum Gasteiger partial charge on any atom is -0.492 e. The number of hydrogen-bond donors (Lipinski definition) is 2. The van der Waals surface area contributed by atoms with Crippen LogP contribution in [0.4, 0.5) is 5.69 Å². The number of aromatic nitrogens is 1. The topological polar surface area (TPSA) is 93.0 Å². The van der Waals surface area contributed by atoms with Crippen LogP contribution >= 0.6 is 0 Å². The summed E-state index contributed by atoms with van der Waals surface area (Å²) in [6, 6.07) is 40.9. The predicted molar refractivity (Wildman–Crippen MR) is 183 cm³/mol. The predicted octanol–water partition coefficient (Wildman–Crippen LogP) is 6.57. The van der Waals surface area contributed by atoms with Gasteiger partial charge in [-0.3, -0.25) is 10.2 Å². The summed E-state index contributed by atoms with van der Waals surface area (Å²) in [5.74, 6) is 0.742. The molecule has 0 aliphatic carbocycles. The second-order valence-electron chi connectivity index (χ2n) is 11.4. The van der Waals surface area contributed by atoms with Crippen molar-refractivity contribution in [2.75, 3.05) is 23.9 Å². The van der Waals surface area contributed by atoms with Crippen molar-refractivity contribution in [1.29, 1.82) is 0 Å². The Hall–Kier alpha value is -4.67. The van der Waals surface area contributed by atoms with E-state index in [2.05, 4.69) is 70.5 Å². The van der Waals surface area contributed by atoms with Crippen LogP contribution in [0.3, 0.4) is 0 Å². The van der Waals surface area contributed by atoms with E-state index in [-0.39, 0.29) is 6.61 Å². The van der Waals surface area contributed by atoms with Crippen LogP contribution in [-0.4, -0.2) is 37.5 Å². The van der Waals surface area contributed by atoms with Crippen molar-refractivity contribution in [3.8, 4) is 5.75 Å². The van der Waals surface area contributed by atoms with Gasteiger partial charge < -0.3 is 14.4 Å². The number of fused-ring (bicyclic) bond motifs is 3. The van der Waals surface area contributed by atoms with Gasteiger partial charge in [0.15, 0.2) is 0 Å². The largest absolute Gasteiger partial charge is 0.492 e. The normalized spacial score (nSPS) is 13.1. The molecule has 46 heavy (non-hydrogen) atoms. The lowest BCUT2D eigenvalue weighted by atomic mass is 10.0. The Morgan fingerprint density at radius 2 is 1.41 bits per heavy atom. The van der Waals surface area contributed by atoms with Gasteiger partial charge in [0.2, 0.25) is 0 Å². The second kappa shape index (κ2) is 13.4. The molecule has 0 saturated heterocycles. The molecule has 8 nitrogen and oxygen atoms in total. The number of aliphatic hydroxyl groups is 1. The third kappa shape index (κ3) is 7.08. The van der Waals surface area contributed by atoms with Gasteiger partial charge in [0, 0.05) is 35.4 Å². The van der Waals surface area contributed by atoms with E-state index in [1.807, 2.05) is 42.5 Å². The van der Waals surface area contributed by atoms with Crippen LogP contribution in [0.25, 0.3) is 21.8 Å². The van der Waals surface area contributed by atoms with Crippen molar-refractivity contribution < 1.29 is 23.1 Å². The van der Waals surface area contributed by atoms with Crippen molar-refractivity contribution >= 4 is 37.5 Å². The molecule has 0 spiro atoms. The summed E-state index contributed by atoms with van der Waals surface area (Å²) in [7, 11) is -3.71. The zero-order valence-corrected chi connectivity index (χ0v) is 26.7. The number of ether oxygens (including phenoxy) is 1. The smallest absolute Gasteiger partial charge is 0.254 e. The van der Waals surface area contributed by atoms with Crippen molar-refractivity contribution in [2.24, 2.45) is 0 Å². The summed E-state index contributed by atoms with van der Waals surface area (Å²) in [6.07, 6.45) is 1.09. The van der Waals surface area contributed by atoms with Gasteiger partial charge in [0.05, 0.1) is 17.5 Å². The van der Waals surface area contributed by atoms with Crippen LogP contribution < -0.4 is 14.5 Å². The van der Waals surface area contributed by atoms with E-state index in [1.165, 1.54) is 21.9 Å². The average molecular weight is 636 g/mol. The van der Waals surface area contributed by atoms with Gasteiger partial charge in [-0.25, -0.2) is 8.42 Å². The van der Waals surface area contributed by atoms with Crippen LogP contribution in [0, 0.1) is 0 Å². The van der Waals surface area contributed by atoms with Crippen molar-refractivity contribution in [2.45, 2.75) is 25.8 Å². The minimum absolute atomic E-state index is 0.0944. The zero-order valence-electron chi connectivity index (χ0n) is 25.8. The molecular formula is C37H37N3O5S. The molecule has 0 unspecified atom stereocenters. The Bertz CT molecular complexity index is 2030. The number of para-hydroxylation sites is 1. The molecule has 6 rings (SSSR count). The fourth-order valence-electron chi connectivity index (χ4n) is 5.60. The standard InChI is InChI=1S/C37H37N3O5S/c1-37(41,30-17-19-31(20-18-30)40(46(2,42)43)45-27-29-13-7-4-8-14-29)38-23-24-44-32-21-22-34-33-15-9-10-16-35(33)39(36(34)25-32)26-28-11-5-3-6-12-28/h3-22,25,38,41H,23-24,26-27H2,1-2H3/t37-/m1/s1. The lowest BCUT2D eigenvalue weighted by molar-refractivity contribution is 0.0169. The lowest BCUT2D eigenvalue weighted by Gasteiger charge is -2.27. The first kappa shape index (κ1) is 31.3. The van der Waals surface area contributed by atoms with E-state index < -0.39 is 15.7 Å². The highest BCUT2D eigenvalue weighted by molar-refractivity contribution is 7.91. The molecule has 0 aliphatic rings. The molecule has 0 fully saturated rings. The molecule has 236 valence electrons. The third-order valence-corrected chi connectivity index (χ3v) is 8.82. The summed E-state index contributed by atoms with van der Waals surface area (Å²) in [5, 5.41) is 16.7. The molecule has 1 heterocycles. The van der Waals surface area contributed by atoms with E-state index in [0.717, 1.165) is 34.1 Å². The van der Waals surface area contributed by atoms with Crippen LogP contribution in [-0.2, 0) is 33.7 Å². The van der Waals surface area contributed by atoms with E-state index in [9.17, 15) is 13.5 Å². The van der Waals surface area contributed by atoms with Gasteiger partial charge in [-0.2, -0.15) is 0 Å². The second-order valence-corrected chi connectivity index (χ2v) is 13.2. The Kier molecular flexibility index (Phi) is 9.10. The molecule has 2 N–H and O–H groups in total. The van der Waals surface area contributed by atoms with Gasteiger partial charge in [-0.15, -0.1) is 4.47 Å². The Balaban J connectivity index is 1.10. The molecule has 9 heteroatoms. The van der Waals surface area contributed by atoms with Gasteiger partial charge in [-0.05, 0) is 53.9 Å². The summed E-state index contributed by atoms with van der Waals surface area (Å²) in [4.78, 5) is 5.66. The quantitative estimate of drug-likeness (QED) is 0.0847. The molecule has 0 saturated carbocycles. The number of nitrogens with one attached hydrogen (secondary N) is 1. The monoisotopic (exact) mass is 635 g/mol. The van der Waals surface area contributed by atoms with Crippen LogP contribution in [0.2, 0.25) is 0 Å². The molecule has 6 aromatic rings. The average Bonchev–Trinajstić information content (AvgIpc) is 3.36. The zero-order chi connectivity index (χ0) is 32.1. The van der Waals surface area contributed by atoms with Crippen LogP contribution in [0.15, 0.2) is 127 Å². The van der Waals surface area contributed by atoms with Crippen molar-refractivity contribution in [3.05, 3.63) is 144 Å². The number of benzene rings is 5. The van der Waals surface area contributed by atoms with E-state index in [1.54, 1.807) is 31.2 Å². The van der Waals surface area contributed by atoms with Gasteiger partial charge in [0.1, 0.15) is 24.7 Å². The summed E-state index contributed by atoms with van der Waals surface area (Å²) in [5.41, 5.74) is 3.86. The first-order chi connectivity index (χ1) is 22.2. The van der Waals surface area contributed by atoms with Crippen LogP contribution in [0.5, 0.6) is 5.75 Å². The Morgan fingerprint density at radius 1 is 0.783 bits per heavy atom. The maximum Gasteiger partial charge on any atom is 0.254 e. The van der Waals surface area contributed by atoms with Crippen molar-refractivity contribution in [1.82, 2.24) is 9.88 Å². The van der Waals surface area contributed by atoms with Crippen LogP contribution in [0.1, 0.15) is 23.6 Å². The molecule has 0 radical (unpaired) electrons. The molecule has 0 aliphatic heterocycles. The van der Waals surface area contributed by atoms with Gasteiger partial charge in [0.25, 0.3) is 10.0 Å². The van der Waals surface area contributed by atoms with E-state index in [4.69, 9.17) is 9.57 Å². The fraction of sp³-hybridized carbons (Fsp3) is 0.189. The Labute approximate surface area is 269 Å². The minimum atomic E-state index is -3.71. The summed E-state index contributed by atoms with van der Waals surface area (Å²) >= 11 is 0. The third-order valence-electron chi connectivity index (χ3n) is 7.90. The number of nitrogens with zero attached hydrogens (tertiary/aromatic N) is 2. The maximum absolute atomic E-state index is 12.5. The highest BCUT2D eigenvalue weighted by Gasteiger charge is 2.24. The molecule has 1 atom stereocenters. The van der Waals surface area contributed by atoms with Crippen molar-refractivity contribution in [3.63, 3.8) is 0 Å². The SMILES string of the molecule is C[C@](O)(NCCOc1ccc2c3ccccc3n(Cc3ccccc3)c2c1)c1ccc(N(OCc2ccccc2)S(C)(=O)=O)cc1. The first-order valence-corrected chi connectivity index (χ1v) is 17.0. The number of rotatable bonds is 13. The van der Waals surface area contributed by atoms with E-state index >= 15 is 0 Å².